The molecule has 0 aromatic carbocycles. The van der Waals surface area contributed by atoms with Crippen molar-refractivity contribution in [3.8, 4) is 0 Å². The number of furan rings is 1. The van der Waals surface area contributed by atoms with Gasteiger partial charge in [0.2, 0.25) is 0 Å². The molecule has 1 N–H and O–H groups in total. The maximum atomic E-state index is 13.5. The molecule has 162 valence electrons. The smallest absolute Gasteiger partial charge is 0.337 e. The molecule has 0 radical (unpaired) electrons. The van der Waals surface area contributed by atoms with Gasteiger partial charge >= 0.3 is 11.9 Å². The van der Waals surface area contributed by atoms with E-state index in [0.29, 0.717) is 46.9 Å². The number of ketones is 1. The van der Waals surface area contributed by atoms with Crippen LogP contribution in [0.4, 0.5) is 0 Å². The second-order valence-corrected chi connectivity index (χ2v) is 8.11. The number of methoxy groups -OCH3 is 1. The van der Waals surface area contributed by atoms with E-state index in [1.54, 1.807) is 26.0 Å². The summed E-state index contributed by atoms with van der Waals surface area (Å²) in [4.78, 5) is 39.0. The second-order valence-electron chi connectivity index (χ2n) is 8.11. The largest absolute Gasteiger partial charge is 0.468 e. The lowest BCUT2D eigenvalue weighted by Crippen LogP contribution is -2.43. The van der Waals surface area contributed by atoms with Gasteiger partial charge in [-0.3, -0.25) is 9.59 Å². The highest BCUT2D eigenvalue weighted by atomic mass is 16.5. The van der Waals surface area contributed by atoms with Crippen LogP contribution in [0.1, 0.15) is 58.0 Å². The molecule has 1 aromatic rings. The molecule has 3 rings (SSSR count). The number of hydrogen-bond acceptors (Lipinski definition) is 7. The van der Waals surface area contributed by atoms with Crippen molar-refractivity contribution in [1.82, 2.24) is 5.32 Å². The van der Waals surface area contributed by atoms with Crippen LogP contribution in [-0.2, 0) is 23.9 Å². The Morgan fingerprint density at radius 3 is 2.57 bits per heavy atom. The average molecular weight is 415 g/mol. The number of carbonyl (C=O) groups is 3. The second kappa shape index (κ2) is 8.50. The zero-order chi connectivity index (χ0) is 22.2. The maximum Gasteiger partial charge on any atom is 0.337 e. The fraction of sp³-hybridized carbons (Fsp3) is 0.522. The van der Waals surface area contributed by atoms with Crippen LogP contribution in [0.25, 0.3) is 0 Å². The lowest BCUT2D eigenvalue weighted by Gasteiger charge is -2.37. The van der Waals surface area contributed by atoms with E-state index in [4.69, 9.17) is 13.9 Å². The first kappa shape index (κ1) is 21.9. The SMILES string of the molecule is CC[C@H](C)OC(=O)C1=C(C)NC2=C(C(=O)[C@@H](C(=O)OC)[C@@H](C)C2)[C@@H]1c1ccc(C)o1. The van der Waals surface area contributed by atoms with Crippen LogP contribution in [0.2, 0.25) is 0 Å². The van der Waals surface area contributed by atoms with Crippen LogP contribution in [0.3, 0.4) is 0 Å². The molecule has 2 aliphatic rings. The molecule has 1 aromatic heterocycles. The van der Waals surface area contributed by atoms with Crippen LogP contribution in [0.15, 0.2) is 39.1 Å². The molecule has 1 aliphatic carbocycles. The number of allylic oxidation sites excluding steroid dienone is 3. The minimum Gasteiger partial charge on any atom is -0.468 e. The summed E-state index contributed by atoms with van der Waals surface area (Å²) >= 11 is 0. The van der Waals surface area contributed by atoms with E-state index < -0.39 is 23.8 Å². The van der Waals surface area contributed by atoms with Crippen LogP contribution in [0, 0.1) is 18.8 Å². The molecule has 7 heteroatoms. The highest BCUT2D eigenvalue weighted by molar-refractivity contribution is 6.12. The lowest BCUT2D eigenvalue weighted by atomic mass is 9.70. The van der Waals surface area contributed by atoms with E-state index in [2.05, 4.69) is 5.32 Å². The summed E-state index contributed by atoms with van der Waals surface area (Å²) in [5.74, 6) is -2.15. The molecule has 30 heavy (non-hydrogen) atoms. The summed E-state index contributed by atoms with van der Waals surface area (Å²) in [6.07, 6.45) is 0.893. The third kappa shape index (κ3) is 3.80. The van der Waals surface area contributed by atoms with Crippen molar-refractivity contribution in [1.29, 1.82) is 0 Å². The summed E-state index contributed by atoms with van der Waals surface area (Å²) in [7, 11) is 1.28. The van der Waals surface area contributed by atoms with Gasteiger partial charge in [0.25, 0.3) is 0 Å². The summed E-state index contributed by atoms with van der Waals surface area (Å²) in [6, 6.07) is 3.55. The molecule has 0 saturated heterocycles. The molecule has 2 heterocycles. The minimum absolute atomic E-state index is 0.225. The predicted octanol–water partition coefficient (Wildman–Crippen LogP) is 3.54. The van der Waals surface area contributed by atoms with Gasteiger partial charge in [0.1, 0.15) is 17.4 Å². The van der Waals surface area contributed by atoms with Crippen molar-refractivity contribution in [2.75, 3.05) is 7.11 Å². The number of aryl methyl sites for hydroxylation is 1. The molecule has 7 nitrogen and oxygen atoms in total. The Kier molecular flexibility index (Phi) is 6.19. The third-order valence-electron chi connectivity index (χ3n) is 5.89. The molecule has 4 atom stereocenters. The van der Waals surface area contributed by atoms with Gasteiger partial charge < -0.3 is 19.2 Å². The standard InChI is InChI=1S/C23H29NO6/c1-7-12(3)30-23(27)18-14(5)24-15-10-11(2)17(22(26)28-6)21(25)19(15)20(18)16-9-8-13(4)29-16/h8-9,11-12,17,20,24H,7,10H2,1-6H3/t11-,12-,17-,20+/m0/s1. The topological polar surface area (TPSA) is 94.8 Å². The lowest BCUT2D eigenvalue weighted by molar-refractivity contribution is -0.151. The van der Waals surface area contributed by atoms with E-state index in [9.17, 15) is 14.4 Å². The Morgan fingerprint density at radius 2 is 2.00 bits per heavy atom. The molecule has 1 aliphatic heterocycles. The highest BCUT2D eigenvalue weighted by Gasteiger charge is 2.48. The normalized spacial score (nSPS) is 24.9. The zero-order valence-corrected chi connectivity index (χ0v) is 18.3. The van der Waals surface area contributed by atoms with Crippen LogP contribution < -0.4 is 5.32 Å². The van der Waals surface area contributed by atoms with Crippen molar-refractivity contribution >= 4 is 17.7 Å². The van der Waals surface area contributed by atoms with E-state index in [0.717, 1.165) is 0 Å². The molecule has 0 saturated carbocycles. The Bertz CT molecular complexity index is 937. The monoisotopic (exact) mass is 415 g/mol. The summed E-state index contributed by atoms with van der Waals surface area (Å²) in [5, 5.41) is 3.23. The van der Waals surface area contributed by atoms with Crippen molar-refractivity contribution < 1.29 is 28.3 Å². The van der Waals surface area contributed by atoms with E-state index >= 15 is 0 Å². The van der Waals surface area contributed by atoms with Gasteiger partial charge in [-0.05, 0) is 51.7 Å². The molecule has 0 spiro atoms. The first-order valence-corrected chi connectivity index (χ1v) is 10.3. The number of rotatable bonds is 5. The predicted molar refractivity (Wildman–Crippen MR) is 109 cm³/mol. The highest BCUT2D eigenvalue weighted by Crippen LogP contribution is 2.45. The number of ether oxygens (including phenoxy) is 2. The summed E-state index contributed by atoms with van der Waals surface area (Å²) in [6.45, 7) is 9.19. The number of hydrogen-bond donors (Lipinski definition) is 1. The van der Waals surface area contributed by atoms with Gasteiger partial charge in [-0.25, -0.2) is 4.79 Å². The van der Waals surface area contributed by atoms with Crippen LogP contribution >= 0.6 is 0 Å². The van der Waals surface area contributed by atoms with Crippen molar-refractivity contribution in [2.24, 2.45) is 11.8 Å². The Labute approximate surface area is 176 Å². The fourth-order valence-electron chi connectivity index (χ4n) is 4.17. The van der Waals surface area contributed by atoms with Crippen LogP contribution in [-0.4, -0.2) is 30.9 Å². The van der Waals surface area contributed by atoms with Crippen molar-refractivity contribution in [3.63, 3.8) is 0 Å². The van der Waals surface area contributed by atoms with Gasteiger partial charge in [0.15, 0.2) is 5.78 Å². The first-order chi connectivity index (χ1) is 14.2. The molecule has 0 fully saturated rings. The van der Waals surface area contributed by atoms with E-state index in [1.165, 1.54) is 7.11 Å². The first-order valence-electron chi connectivity index (χ1n) is 10.3. The third-order valence-corrected chi connectivity index (χ3v) is 5.89. The van der Waals surface area contributed by atoms with Gasteiger partial charge in [-0.1, -0.05) is 13.8 Å². The van der Waals surface area contributed by atoms with Gasteiger partial charge in [-0.2, -0.15) is 0 Å². The Balaban J connectivity index is 2.13. The van der Waals surface area contributed by atoms with E-state index in [-0.39, 0.29) is 17.8 Å². The molecular formula is C23H29NO6. The van der Waals surface area contributed by atoms with Gasteiger partial charge in [-0.15, -0.1) is 0 Å². The number of nitrogens with one attached hydrogen (secondary N) is 1. The summed E-state index contributed by atoms with van der Waals surface area (Å²) < 4.78 is 16.3. The van der Waals surface area contributed by atoms with Gasteiger partial charge in [0.05, 0.1) is 24.7 Å². The maximum absolute atomic E-state index is 13.5. The van der Waals surface area contributed by atoms with Crippen molar-refractivity contribution in [2.45, 2.75) is 59.5 Å². The quantitative estimate of drug-likeness (QED) is 0.580. The number of carbonyl (C=O) groups excluding carboxylic acids is 3. The average Bonchev–Trinajstić information content (AvgIpc) is 3.12. The molecule has 0 bridgehead atoms. The minimum atomic E-state index is -0.917. The Morgan fingerprint density at radius 1 is 1.30 bits per heavy atom. The Hall–Kier alpha value is -2.83. The molecule has 0 unspecified atom stereocenters. The van der Waals surface area contributed by atoms with E-state index in [1.807, 2.05) is 20.8 Å². The fourth-order valence-corrected chi connectivity index (χ4v) is 4.17. The van der Waals surface area contributed by atoms with Crippen molar-refractivity contribution in [3.05, 3.63) is 46.2 Å². The van der Waals surface area contributed by atoms with Crippen LogP contribution in [0.5, 0.6) is 0 Å². The number of Topliss-reactive ketones (excluding diaryl/α,β-unsaturated/α-hetero) is 1. The zero-order valence-electron chi connectivity index (χ0n) is 18.3. The van der Waals surface area contributed by atoms with Gasteiger partial charge in [0, 0.05) is 17.0 Å². The summed E-state index contributed by atoms with van der Waals surface area (Å²) in [5.41, 5.74) is 2.04. The molecular weight excluding hydrogens is 386 g/mol. The molecule has 0 amide bonds. The number of dihydropyridines is 1. The number of esters is 2.